The average Bonchev–Trinajstić information content (AvgIpc) is 2.93. The lowest BCUT2D eigenvalue weighted by molar-refractivity contribution is -0.177. The highest BCUT2D eigenvalue weighted by Crippen LogP contribution is 2.66. The highest BCUT2D eigenvalue weighted by molar-refractivity contribution is 6.41. The monoisotopic (exact) mass is 616 g/mol. The molecule has 6 heteroatoms. The van der Waals surface area contributed by atoms with Gasteiger partial charge >= 0.3 is 0 Å². The molecule has 2 saturated carbocycles. The minimum atomic E-state index is -1.60. The number of benzene rings is 1. The number of allylic oxidation sites excluding steroid dienone is 8. The molecule has 2 fully saturated rings. The average molecular weight is 617 g/mol. The molecule has 2 aliphatic rings. The summed E-state index contributed by atoms with van der Waals surface area (Å²) in [5.74, 6) is -3.29. The van der Waals surface area contributed by atoms with Crippen molar-refractivity contribution in [1.29, 1.82) is 0 Å². The molecule has 45 heavy (non-hydrogen) atoms. The van der Waals surface area contributed by atoms with Crippen LogP contribution in [-0.2, 0) is 14.4 Å². The van der Waals surface area contributed by atoms with Crippen molar-refractivity contribution in [3.8, 4) is 11.5 Å². The number of carbonyl (C=O) groups excluding carboxylic acids is 3. The van der Waals surface area contributed by atoms with Gasteiger partial charge in [-0.25, -0.2) is 0 Å². The molecule has 0 radical (unpaired) electrons. The number of hydrogen-bond donors (Lipinski definition) is 3. The number of phenols is 2. The molecule has 0 amide bonds. The molecule has 1 aromatic rings. The van der Waals surface area contributed by atoms with Gasteiger partial charge in [-0.15, -0.1) is 0 Å². The molecule has 6 nitrogen and oxygen atoms in total. The van der Waals surface area contributed by atoms with Crippen LogP contribution in [0, 0.1) is 28.1 Å². The van der Waals surface area contributed by atoms with Gasteiger partial charge in [-0.1, -0.05) is 60.9 Å². The highest BCUT2D eigenvalue weighted by atomic mass is 16.3. The maximum absolute atomic E-state index is 15.1. The van der Waals surface area contributed by atoms with Gasteiger partial charge in [0.05, 0.1) is 5.41 Å². The van der Waals surface area contributed by atoms with E-state index >= 15 is 4.79 Å². The minimum absolute atomic E-state index is 0.0178. The Hall–Kier alpha value is -3.67. The van der Waals surface area contributed by atoms with Crippen LogP contribution in [0.3, 0.4) is 0 Å². The van der Waals surface area contributed by atoms with Crippen molar-refractivity contribution in [2.45, 2.75) is 101 Å². The number of phenolic OH excluding ortho intramolecular Hbond substituents is 2. The van der Waals surface area contributed by atoms with Crippen molar-refractivity contribution < 1.29 is 29.7 Å². The predicted octanol–water partition coefficient (Wildman–Crippen LogP) is 9.15. The standard InChI is InChI=1S/C39H52O6/c1-23(2)11-13-27(26(7)8)18-19-38-22-29(15-12-24(3)4)37(9,10)39(36(38)45,20-17-25(5)6)35(44)32(34(38)43)33(42)28-14-16-30(40)31(41)21-28/h11-12,14,16-17,21,27,29,40-42H,7,13,15,18-20,22H2,1-6,8-10H3. The summed E-state index contributed by atoms with van der Waals surface area (Å²) in [5.41, 5.74) is -0.176. The van der Waals surface area contributed by atoms with Crippen LogP contribution in [0.15, 0.2) is 70.9 Å². The molecule has 0 spiro atoms. The molecular formula is C39H52O6. The summed E-state index contributed by atoms with van der Waals surface area (Å²) in [4.78, 5) is 44.9. The fraction of sp³-hybridized carbons (Fsp3) is 0.513. The van der Waals surface area contributed by atoms with E-state index in [1.807, 2.05) is 68.4 Å². The van der Waals surface area contributed by atoms with E-state index in [9.17, 15) is 24.9 Å². The number of carbonyl (C=O) groups is 3. The number of aliphatic hydroxyl groups excluding tert-OH is 1. The van der Waals surface area contributed by atoms with Crippen molar-refractivity contribution in [2.75, 3.05) is 0 Å². The molecule has 1 aromatic carbocycles. The Morgan fingerprint density at radius 1 is 0.911 bits per heavy atom. The Labute approximate surface area is 269 Å². The summed E-state index contributed by atoms with van der Waals surface area (Å²) in [7, 11) is 0. The van der Waals surface area contributed by atoms with Crippen LogP contribution in [0.2, 0.25) is 0 Å². The number of hydrogen-bond acceptors (Lipinski definition) is 6. The van der Waals surface area contributed by atoms with Crippen LogP contribution in [-0.4, -0.2) is 32.7 Å². The van der Waals surface area contributed by atoms with Crippen LogP contribution in [0.5, 0.6) is 11.5 Å². The highest BCUT2D eigenvalue weighted by Gasteiger charge is 2.73. The lowest BCUT2D eigenvalue weighted by Gasteiger charge is -2.60. The van der Waals surface area contributed by atoms with E-state index in [1.54, 1.807) is 0 Å². The molecule has 0 aromatic heterocycles. The Bertz CT molecular complexity index is 1500. The van der Waals surface area contributed by atoms with Crippen molar-refractivity contribution in [1.82, 2.24) is 0 Å². The quantitative estimate of drug-likeness (QED) is 0.0571. The molecule has 3 rings (SSSR count). The number of ketones is 3. The van der Waals surface area contributed by atoms with Gasteiger partial charge in [0, 0.05) is 5.56 Å². The second-order valence-corrected chi connectivity index (χ2v) is 14.6. The molecule has 2 bridgehead atoms. The SMILES string of the molecule is C=C(C)C(CC=C(C)C)CCC12CC(CC=C(C)C)C(C)(C)C(CC=C(C)C)(C(=O)C(=C(O)c3ccc(O)c(O)c3)C1=O)C2=O. The summed E-state index contributed by atoms with van der Waals surface area (Å²) in [6, 6.07) is 3.66. The van der Waals surface area contributed by atoms with E-state index in [4.69, 9.17) is 0 Å². The van der Waals surface area contributed by atoms with Gasteiger partial charge in [-0.3, -0.25) is 14.4 Å². The summed E-state index contributed by atoms with van der Waals surface area (Å²) in [6.45, 7) is 22.0. The van der Waals surface area contributed by atoms with Crippen molar-refractivity contribution in [3.63, 3.8) is 0 Å². The summed E-state index contributed by atoms with van der Waals surface area (Å²) < 4.78 is 0. The molecule has 244 valence electrons. The third-order valence-electron chi connectivity index (χ3n) is 10.4. The van der Waals surface area contributed by atoms with Gasteiger partial charge in [-0.2, -0.15) is 0 Å². The smallest absolute Gasteiger partial charge is 0.184 e. The first-order chi connectivity index (χ1) is 20.8. The van der Waals surface area contributed by atoms with Crippen LogP contribution in [0.4, 0.5) is 0 Å². The molecular weight excluding hydrogens is 564 g/mol. The van der Waals surface area contributed by atoms with E-state index in [1.165, 1.54) is 17.7 Å². The molecule has 0 aliphatic heterocycles. The largest absolute Gasteiger partial charge is 0.506 e. The van der Waals surface area contributed by atoms with Gasteiger partial charge in [0.25, 0.3) is 0 Å². The number of aromatic hydroxyl groups is 2. The first-order valence-corrected chi connectivity index (χ1v) is 16.0. The second-order valence-electron chi connectivity index (χ2n) is 14.6. The number of rotatable bonds is 11. The first-order valence-electron chi connectivity index (χ1n) is 16.0. The van der Waals surface area contributed by atoms with Gasteiger partial charge in [0.15, 0.2) is 28.8 Å². The Morgan fingerprint density at radius 3 is 2.04 bits per heavy atom. The number of fused-ring (bicyclic) bond motifs is 2. The molecule has 4 atom stereocenters. The van der Waals surface area contributed by atoms with Gasteiger partial charge in [-0.05, 0) is 122 Å². The van der Waals surface area contributed by atoms with E-state index < -0.39 is 50.6 Å². The van der Waals surface area contributed by atoms with Gasteiger partial charge in [0.1, 0.15) is 16.7 Å². The lowest BCUT2D eigenvalue weighted by atomic mass is 9.38. The molecule has 4 unspecified atom stereocenters. The van der Waals surface area contributed by atoms with Crippen LogP contribution < -0.4 is 0 Å². The van der Waals surface area contributed by atoms with Crippen LogP contribution in [0.25, 0.3) is 5.76 Å². The van der Waals surface area contributed by atoms with Crippen molar-refractivity contribution in [2.24, 2.45) is 28.1 Å². The molecule has 2 aliphatic carbocycles. The fourth-order valence-corrected chi connectivity index (χ4v) is 7.25. The Kier molecular flexibility index (Phi) is 10.6. The number of aliphatic hydroxyl groups is 1. The zero-order valence-corrected chi connectivity index (χ0v) is 28.6. The third-order valence-corrected chi connectivity index (χ3v) is 10.4. The van der Waals surface area contributed by atoms with E-state index in [2.05, 4.69) is 18.7 Å². The maximum Gasteiger partial charge on any atom is 0.184 e. The Balaban J connectivity index is 2.39. The normalized spacial score (nSPS) is 25.7. The Morgan fingerprint density at radius 2 is 1.51 bits per heavy atom. The minimum Gasteiger partial charge on any atom is -0.506 e. The van der Waals surface area contributed by atoms with E-state index in [0.29, 0.717) is 12.8 Å². The van der Waals surface area contributed by atoms with Gasteiger partial charge in [0.2, 0.25) is 0 Å². The third kappa shape index (κ3) is 6.52. The van der Waals surface area contributed by atoms with Crippen LogP contribution in [0.1, 0.15) is 106 Å². The van der Waals surface area contributed by atoms with Crippen LogP contribution >= 0.6 is 0 Å². The topological polar surface area (TPSA) is 112 Å². The molecule has 0 heterocycles. The van der Waals surface area contributed by atoms with Crippen molar-refractivity contribution >= 4 is 23.1 Å². The first kappa shape index (κ1) is 35.8. The van der Waals surface area contributed by atoms with E-state index in [-0.39, 0.29) is 42.4 Å². The zero-order valence-electron chi connectivity index (χ0n) is 28.6. The molecule has 0 saturated heterocycles. The zero-order chi connectivity index (χ0) is 34.1. The fourth-order valence-electron chi connectivity index (χ4n) is 7.25. The maximum atomic E-state index is 15.1. The summed E-state index contributed by atoms with van der Waals surface area (Å²) >= 11 is 0. The summed E-state index contributed by atoms with van der Waals surface area (Å²) in [6.07, 6.45) is 8.61. The molecule has 3 N–H and O–H groups in total. The predicted molar refractivity (Wildman–Crippen MR) is 181 cm³/mol. The summed E-state index contributed by atoms with van der Waals surface area (Å²) in [5, 5.41) is 31.8. The second kappa shape index (κ2) is 13.4. The van der Waals surface area contributed by atoms with Crippen molar-refractivity contribution in [3.05, 3.63) is 76.4 Å². The van der Waals surface area contributed by atoms with E-state index in [0.717, 1.165) is 29.2 Å². The van der Waals surface area contributed by atoms with Gasteiger partial charge < -0.3 is 15.3 Å². The lowest BCUT2D eigenvalue weighted by Crippen LogP contribution is -2.69. The number of Topliss-reactive ketones (excluding diaryl/α,β-unsaturated/α-hetero) is 3.